The number of hydrogen-bond donors (Lipinski definition) is 13. The Bertz CT molecular complexity index is 7070. The van der Waals surface area contributed by atoms with Gasteiger partial charge in [0.25, 0.3) is 105 Å². The van der Waals surface area contributed by atoms with Crippen LogP contribution in [0.15, 0.2) is 50.3 Å². The molecule has 4 fully saturated rings. The van der Waals surface area contributed by atoms with Crippen LogP contribution in [0.5, 0.6) is 0 Å². The zero-order chi connectivity index (χ0) is 112. The van der Waals surface area contributed by atoms with Gasteiger partial charge < -0.3 is 182 Å². The number of aromatic nitrogens is 10. The number of phosphoric ester groups is 4. The third-order valence-corrected chi connectivity index (χ3v) is 33.6. The van der Waals surface area contributed by atoms with Crippen molar-refractivity contribution in [1.82, 2.24) is 69.4 Å². The van der Waals surface area contributed by atoms with Gasteiger partial charge in [-0.15, -0.1) is 0 Å². The normalized spacial score (nSPS) is 24.0. The second kappa shape index (κ2) is 54.3. The fourth-order valence-electron chi connectivity index (χ4n) is 12.6. The van der Waals surface area contributed by atoms with E-state index in [1.165, 1.54) is 44.6 Å². The molecule has 16 unspecified atom stereocenters. The lowest BCUT2D eigenvalue weighted by Crippen LogP contribution is -2.34. The molecule has 10 rings (SSSR count). The topological polar surface area (TPSA) is 1110 Å². The van der Waals surface area contributed by atoms with Crippen molar-refractivity contribution in [2.45, 2.75) is 110 Å². The fourth-order valence-corrected chi connectivity index (χ4v) is 24.2. The number of methoxy groups -OCH3 is 4. The van der Waals surface area contributed by atoms with Crippen molar-refractivity contribution in [3.8, 4) is 47.4 Å². The van der Waals surface area contributed by atoms with Gasteiger partial charge in [-0.3, -0.25) is 83.5 Å². The van der Waals surface area contributed by atoms with Crippen LogP contribution in [-0.4, -0.2) is 198 Å². The van der Waals surface area contributed by atoms with Crippen LogP contribution in [0.1, 0.15) is 108 Å². The first kappa shape index (κ1) is 129. The quantitative estimate of drug-likeness (QED) is 0.00988. The molecule has 4 amide bonds. The summed E-state index contributed by atoms with van der Waals surface area (Å²) < 4.78 is 225. The minimum Gasteiger partial charge on any atom is -0.756 e. The van der Waals surface area contributed by atoms with Gasteiger partial charge in [-0.1, -0.05) is 82.5 Å². The van der Waals surface area contributed by atoms with Crippen molar-refractivity contribution in [2.24, 2.45) is 23.7 Å². The van der Waals surface area contributed by atoms with E-state index in [0.717, 1.165) is 22.4 Å². The SMILES string of the molecule is C.COC(=O)NCC#Cc1cn([C@H]2CC(C)[C@@H](COP(=O)([O-])OP(=O)([O-])OP(=O)([O-])O)O2)c(=O)[nH]c1=O.COC(=O)NCC#Cc1cn([C@H]2CC(C)[C@@H](COP(=O)([O-])OP(=O)([O-])OP(=O)([O-])O)O2)c(=O)nc1N.COC(=O)NCC#Cc1cn([C@H]2CC(C)[C@@H](COP(=O)([O-])OP(=O)([O-])OP(=O)([O-])O)O2)c2nc(N)[nH]c(=O)c12.COC(=O)NCC#Cc1cn([C@H]2CC(C)[C@@H](COP(=O)([O-])OP(=O)([O-])OP(=O)([O-])O)O2)c2ncnc(N)c12. The molecule has 10 heterocycles. The lowest BCUT2D eigenvalue weighted by atomic mass is 10.0. The van der Waals surface area contributed by atoms with Gasteiger partial charge in [-0.25, -0.2) is 73.2 Å². The zero-order valence-electron chi connectivity index (χ0n) is 76.5. The Balaban J connectivity index is 0.000000305. The van der Waals surface area contributed by atoms with Crippen molar-refractivity contribution >= 4 is 158 Å². The van der Waals surface area contributed by atoms with E-state index in [1.54, 1.807) is 38.5 Å². The molecule has 0 aliphatic carbocycles. The second-order valence-electron chi connectivity index (χ2n) is 29.7. The van der Waals surface area contributed by atoms with Crippen molar-refractivity contribution in [3.05, 3.63) is 95.0 Å². The summed E-state index contributed by atoms with van der Waals surface area (Å²) in [7, 11) is -65.6. The van der Waals surface area contributed by atoms with Gasteiger partial charge in [0.2, 0.25) is 5.95 Å². The summed E-state index contributed by atoms with van der Waals surface area (Å²) >= 11 is 0. The van der Waals surface area contributed by atoms with Crippen LogP contribution in [0.2, 0.25) is 0 Å². The number of amides is 4. The van der Waals surface area contributed by atoms with Crippen molar-refractivity contribution in [1.29, 1.82) is 0 Å². The molecule has 16 N–H and O–H groups in total. The average Bonchev–Trinajstić information content (AvgIpc) is 1.60. The molecule has 4 aliphatic rings. The molecule has 0 radical (unpaired) electrons. The predicted molar refractivity (Wildman–Crippen MR) is 470 cm³/mol. The van der Waals surface area contributed by atoms with E-state index in [-0.39, 0.29) is 104 Å². The molecule has 6 aromatic rings. The van der Waals surface area contributed by atoms with Crippen molar-refractivity contribution in [3.63, 3.8) is 0 Å². The molecule has 0 bridgehead atoms. The van der Waals surface area contributed by atoms with E-state index in [0.29, 0.717) is 23.0 Å². The molecule has 85 heteroatoms. The summed E-state index contributed by atoms with van der Waals surface area (Å²) in [6, 6.07) is 0. The Kier molecular flexibility index (Phi) is 46.8. The number of nitrogens with two attached hydrogens (primary N) is 3. The third-order valence-electron chi connectivity index (χ3n) is 18.8. The van der Waals surface area contributed by atoms with Gasteiger partial charge in [0, 0.05) is 24.8 Å². The summed E-state index contributed by atoms with van der Waals surface area (Å²) in [5, 5.41) is 9.82. The number of nitrogen functional groups attached to an aromatic ring is 3. The number of rotatable bonds is 36. The first-order valence-electron chi connectivity index (χ1n) is 40.2. The molecule has 4 saturated heterocycles. The van der Waals surface area contributed by atoms with Crippen LogP contribution in [0, 0.1) is 71.0 Å². The Morgan fingerprint density at radius 3 is 1.00 bits per heavy atom. The number of carbonyl (C=O) groups excluding carboxylic acids is 4. The molecule has 0 aromatic carbocycles. The first-order valence-corrected chi connectivity index (χ1v) is 57.8. The van der Waals surface area contributed by atoms with Gasteiger partial charge in [0.15, 0.2) is 5.65 Å². The van der Waals surface area contributed by atoms with Gasteiger partial charge in [-0.2, -0.15) is 9.97 Å². The summed E-state index contributed by atoms with van der Waals surface area (Å²) in [4.78, 5) is 282. The number of ether oxygens (including phenoxy) is 8. The minimum absolute atomic E-state index is 0. The number of nitrogens with one attached hydrogen (secondary N) is 6. The number of nitrogens with zero attached hydrogens (tertiary/aromatic N) is 8. The predicted octanol–water partition coefficient (Wildman–Crippen LogP) is -6.37. The standard InChI is InChI=1S/C17H24N5O14P3.C17H24N5O13P3.C15H23N4O14P3.C15H22N3O15P3.CH4/c1-9-6-12(34-11(9)8-33-38(28,29)36-39(30,31)35-37(25,26)27)22-7-10(4-3-5-19-17(24)32-2)13-14(22)20-16(18)21-15(13)23;1-10-6-13(33-12(10)8-32-37(27,28)35-38(29,30)34-36(24,25)26)22-7-11(4-3-5-19-17(23)31-2)14-15(18)20-9-21-16(14)22;1-9-6-12(19-7-10(13(16)18-14(19)20)4-3-5-17-15(21)29-2)31-11(9)8-30-35(25,26)33-36(27,28)32-34(22,23)24;1-9-6-12(18-7-10(13(19)17-14(18)20)4-3-5-16-15(21)29-2)31-11(9)8-30-35(25,26)33-36(27,28)32-34(22,23)24;/h7,9,11-12H,5-6,8H2,1-2H3,(H,19,24)(H,28,29)(H,30,31)(H2,25,26,27)(H3,18,20,21,23);7,9-10,12-13H,5-6,8H2,1-2H3,(H,19,23)(H,27,28)(H,29,30)(H2,18,20,21)(H2,24,25,26);7,9,11-12H,5-6,8H2,1-2H3,(H,17,21)(H,25,26)(H,27,28)(H2,16,18,20)(H2,22,23,24);7,9,11-12H,5-6,8H2,1-2H3,(H,16,21)(H,25,26)(H,27,28)(H,17,19,20)(H2,22,23,24);1H4/p-12/t9?,11-,12-;10?,12-,13-;2*9?,11-,12-;/m1111./s1. The highest BCUT2D eigenvalue weighted by Gasteiger charge is 2.42. The second-order valence-corrected chi connectivity index (χ2v) is 46.9. The molecule has 0 spiro atoms. The number of fused-ring (bicyclic) bond motifs is 2. The largest absolute Gasteiger partial charge is 0.756 e. The highest BCUT2D eigenvalue weighted by Crippen LogP contribution is 2.65. The lowest BCUT2D eigenvalue weighted by molar-refractivity contribution is -0.254. The smallest absolute Gasteiger partial charge is 0.407 e. The van der Waals surface area contributed by atoms with Crippen LogP contribution in [0.3, 0.4) is 0 Å². The molecule has 24 atom stereocenters. The highest BCUT2D eigenvalue weighted by atomic mass is 31.3. The molecule has 6 aromatic heterocycles. The molecule has 838 valence electrons. The van der Waals surface area contributed by atoms with Gasteiger partial charge in [0.1, 0.15) is 54.1 Å². The summed E-state index contributed by atoms with van der Waals surface area (Å²) in [6.07, 6.45) is -2.81. The number of carbonyl (C=O) groups is 4. The average molecular weight is 2370 g/mol. The van der Waals surface area contributed by atoms with Crippen LogP contribution < -0.4 is 120 Å². The van der Waals surface area contributed by atoms with Crippen molar-refractivity contribution < 1.29 is 243 Å². The number of aromatic amines is 2. The number of alkyl carbamates (subject to hydrolysis) is 4. The van der Waals surface area contributed by atoms with E-state index in [2.05, 4.69) is 165 Å². The Hall–Kier alpha value is -9.20. The Morgan fingerprint density at radius 1 is 0.387 bits per heavy atom. The molecule has 150 heavy (non-hydrogen) atoms. The molecular formula is C65H85N17O56P12-12. The van der Waals surface area contributed by atoms with Gasteiger partial charge >= 0.3 is 35.8 Å². The number of hydrogen-bond acceptors (Lipinski definition) is 59. The maximum Gasteiger partial charge on any atom is 0.407 e. The van der Waals surface area contributed by atoms with Crippen LogP contribution in [0.25, 0.3) is 22.1 Å². The molecule has 0 saturated carbocycles. The van der Waals surface area contributed by atoms with E-state index in [4.69, 9.17) is 55.7 Å². The van der Waals surface area contributed by atoms with Crippen molar-refractivity contribution in [2.75, 3.05) is 98.2 Å². The van der Waals surface area contributed by atoms with Gasteiger partial charge in [-0.05, 0) is 49.4 Å². The summed E-state index contributed by atoms with van der Waals surface area (Å²) in [5.74, 6) is 19.2. The molecule has 4 aliphatic heterocycles. The number of phosphoric acid groups is 12. The number of H-pyrrole nitrogens is 2. The maximum absolute atomic E-state index is 12.6. The van der Waals surface area contributed by atoms with E-state index in [1.807, 2.05) is 4.98 Å². The highest BCUT2D eigenvalue weighted by molar-refractivity contribution is 7.67. The van der Waals surface area contributed by atoms with E-state index < -0.39 is 234 Å². The Morgan fingerprint density at radius 2 is 0.673 bits per heavy atom. The monoisotopic (exact) mass is 2370 g/mol. The van der Waals surface area contributed by atoms with Crippen LogP contribution >= 0.6 is 93.9 Å². The van der Waals surface area contributed by atoms with E-state index >= 15 is 0 Å². The maximum atomic E-state index is 12.6. The van der Waals surface area contributed by atoms with E-state index in [9.17, 15) is 152 Å². The molecule has 73 nitrogen and oxygen atoms in total. The van der Waals surface area contributed by atoms with Crippen LogP contribution in [0.4, 0.5) is 36.8 Å². The Labute approximate surface area is 840 Å². The first-order chi connectivity index (χ1) is 68.6. The lowest BCUT2D eigenvalue weighted by Gasteiger charge is -2.33. The molecular weight excluding hydrogens is 2290 g/mol. The number of anilines is 3. The van der Waals surface area contributed by atoms with Gasteiger partial charge in [0.05, 0.1) is 133 Å². The third kappa shape index (κ3) is 42.6. The fraction of sp³-hybridized carbons (Fsp3) is 0.508. The minimum atomic E-state index is -6.05. The van der Waals surface area contributed by atoms with Crippen LogP contribution in [-0.2, 0) is 145 Å². The zero-order valence-corrected chi connectivity index (χ0v) is 87.2. The summed E-state index contributed by atoms with van der Waals surface area (Å²) in [6.45, 7) is 3.14. The summed E-state index contributed by atoms with van der Waals surface area (Å²) in [5.41, 5.74) is 15.4.